The topological polar surface area (TPSA) is 19.1 Å². The molecule has 0 atom stereocenters. The van der Waals surface area contributed by atoms with Crippen LogP contribution in [0, 0.1) is 0 Å². The quantitative estimate of drug-likeness (QED) is 0.173. The number of ether oxygens (including phenoxy) is 1. The molecule has 10 aromatic carbocycles. The fraction of sp³-hybridized carbons (Fsp3) is 0.0164. The normalized spacial score (nSPS) is 13.5. The SMILES string of the molecule is c1ccc2c(c1)Oc1ccccc1C21c2ccccc2-c2ccc(-n3c4ccccc4c4cc(-n5c6ccccc6c6ccc(-c7cccc8c7sc7ccccc78)cc65)ccc43)cc21. The predicted molar refractivity (Wildman–Crippen MR) is 271 cm³/mol. The van der Waals surface area contributed by atoms with Gasteiger partial charge in [0.15, 0.2) is 0 Å². The highest BCUT2D eigenvalue weighted by Crippen LogP contribution is 2.62. The van der Waals surface area contributed by atoms with Gasteiger partial charge in [-0.05, 0) is 100 Å². The van der Waals surface area contributed by atoms with Crippen LogP contribution in [0.15, 0.2) is 218 Å². The molecule has 13 aromatic rings. The number of rotatable bonds is 3. The number of hydrogen-bond donors (Lipinski definition) is 0. The van der Waals surface area contributed by atoms with Gasteiger partial charge in [-0.2, -0.15) is 0 Å². The third-order valence-corrected chi connectivity index (χ3v) is 15.6. The molecule has 0 fully saturated rings. The Labute approximate surface area is 378 Å². The molecule has 3 aromatic heterocycles. The summed E-state index contributed by atoms with van der Waals surface area (Å²) in [4.78, 5) is 0. The molecule has 3 nitrogen and oxygen atoms in total. The highest BCUT2D eigenvalue weighted by atomic mass is 32.1. The van der Waals surface area contributed by atoms with Crippen molar-refractivity contribution in [1.82, 2.24) is 9.13 Å². The number of para-hydroxylation sites is 4. The van der Waals surface area contributed by atoms with Crippen molar-refractivity contribution in [2.45, 2.75) is 5.41 Å². The summed E-state index contributed by atoms with van der Waals surface area (Å²) in [7, 11) is 0. The van der Waals surface area contributed by atoms with E-state index in [1.165, 1.54) is 108 Å². The van der Waals surface area contributed by atoms with Gasteiger partial charge in [0.1, 0.15) is 11.5 Å². The van der Waals surface area contributed by atoms with Crippen molar-refractivity contribution in [3.05, 3.63) is 241 Å². The first kappa shape index (κ1) is 35.3. The summed E-state index contributed by atoms with van der Waals surface area (Å²) in [6, 6.07) is 80.7. The molecule has 65 heavy (non-hydrogen) atoms. The number of benzene rings is 10. The van der Waals surface area contributed by atoms with Crippen molar-refractivity contribution in [2.75, 3.05) is 0 Å². The zero-order valence-corrected chi connectivity index (χ0v) is 35.8. The summed E-state index contributed by atoms with van der Waals surface area (Å²) in [5.74, 6) is 1.80. The maximum atomic E-state index is 6.66. The van der Waals surface area contributed by atoms with Gasteiger partial charge in [0, 0.05) is 64.2 Å². The Balaban J connectivity index is 0.952. The highest BCUT2D eigenvalue weighted by molar-refractivity contribution is 7.26. The molecule has 4 heteroatoms. The minimum absolute atomic E-state index is 0.544. The van der Waals surface area contributed by atoms with E-state index in [0.29, 0.717) is 0 Å². The third kappa shape index (κ3) is 4.63. The highest BCUT2D eigenvalue weighted by Gasteiger charge is 2.51. The molecular weight excluding hydrogens is 809 g/mol. The lowest BCUT2D eigenvalue weighted by Gasteiger charge is -2.39. The van der Waals surface area contributed by atoms with Gasteiger partial charge in [0.25, 0.3) is 0 Å². The lowest BCUT2D eigenvalue weighted by atomic mass is 9.66. The number of thiophene rings is 1. The van der Waals surface area contributed by atoms with Crippen LogP contribution in [0.2, 0.25) is 0 Å². The number of fused-ring (bicyclic) bond motifs is 18. The van der Waals surface area contributed by atoms with Gasteiger partial charge in [-0.25, -0.2) is 0 Å². The van der Waals surface area contributed by atoms with Crippen LogP contribution in [-0.2, 0) is 5.41 Å². The molecule has 2 aliphatic rings. The molecule has 4 heterocycles. The standard InChI is InChI=1S/C61H36N2OS/c1-5-20-49-41(14-1)42-32-29-39(36-52(42)61(49)50-21-6-10-25-57(50)64-58-26-11-7-22-51(58)61)62-54-24-9-3-16-44(54)48-35-38(30-33-55(48)62)63-53-23-8-2-15-43(53)45-31-28-37(34-56(45)63)40-18-13-19-47-46-17-4-12-27-59(46)65-60(40)47/h1-36H. The smallest absolute Gasteiger partial charge is 0.132 e. The van der Waals surface area contributed by atoms with Gasteiger partial charge in [-0.1, -0.05) is 152 Å². The first-order valence-corrected chi connectivity index (χ1v) is 23.1. The van der Waals surface area contributed by atoms with Crippen molar-refractivity contribution in [1.29, 1.82) is 0 Å². The molecule has 0 N–H and O–H groups in total. The zero-order chi connectivity index (χ0) is 42.4. The predicted octanol–water partition coefficient (Wildman–Crippen LogP) is 16.4. The van der Waals surface area contributed by atoms with Crippen LogP contribution >= 0.6 is 11.3 Å². The molecule has 1 aliphatic heterocycles. The molecule has 302 valence electrons. The summed E-state index contributed by atoms with van der Waals surface area (Å²) < 4.78 is 14.3. The van der Waals surface area contributed by atoms with Gasteiger partial charge in [-0.15, -0.1) is 11.3 Å². The third-order valence-electron chi connectivity index (χ3n) is 14.4. The zero-order valence-electron chi connectivity index (χ0n) is 35.0. The molecule has 0 saturated carbocycles. The average molecular weight is 845 g/mol. The van der Waals surface area contributed by atoms with E-state index in [-0.39, 0.29) is 0 Å². The number of hydrogen-bond acceptors (Lipinski definition) is 2. The molecule has 1 spiro atoms. The van der Waals surface area contributed by atoms with Crippen LogP contribution in [0.5, 0.6) is 11.5 Å². The average Bonchev–Trinajstić information content (AvgIpc) is 4.09. The molecule has 0 saturated heterocycles. The molecule has 0 amide bonds. The Hall–Kier alpha value is -8.18. The Bertz CT molecular complexity index is 4140. The summed E-state index contributed by atoms with van der Waals surface area (Å²) in [5.41, 5.74) is 16.4. The van der Waals surface area contributed by atoms with Crippen LogP contribution in [0.3, 0.4) is 0 Å². The lowest BCUT2D eigenvalue weighted by molar-refractivity contribution is 0.436. The van der Waals surface area contributed by atoms with E-state index in [1.807, 2.05) is 11.3 Å². The van der Waals surface area contributed by atoms with E-state index in [2.05, 4.69) is 228 Å². The first-order valence-electron chi connectivity index (χ1n) is 22.3. The van der Waals surface area contributed by atoms with Gasteiger partial charge in [-0.3, -0.25) is 0 Å². The molecule has 0 bridgehead atoms. The Morgan fingerprint density at radius 2 is 0.892 bits per heavy atom. The molecule has 15 rings (SSSR count). The maximum Gasteiger partial charge on any atom is 0.132 e. The van der Waals surface area contributed by atoms with Crippen molar-refractivity contribution in [2.24, 2.45) is 0 Å². The van der Waals surface area contributed by atoms with Crippen LogP contribution in [0.4, 0.5) is 0 Å². The molecular formula is C61H36N2OS. The second kappa shape index (κ2) is 12.9. The van der Waals surface area contributed by atoms with E-state index in [9.17, 15) is 0 Å². The summed E-state index contributed by atoms with van der Waals surface area (Å²) in [6.07, 6.45) is 0. The van der Waals surface area contributed by atoms with Crippen LogP contribution in [-0.4, -0.2) is 9.13 Å². The van der Waals surface area contributed by atoms with E-state index < -0.39 is 5.41 Å². The first-order chi connectivity index (χ1) is 32.2. The van der Waals surface area contributed by atoms with Crippen LogP contribution < -0.4 is 4.74 Å². The van der Waals surface area contributed by atoms with Crippen LogP contribution in [0.25, 0.3) is 97.4 Å². The van der Waals surface area contributed by atoms with Crippen molar-refractivity contribution < 1.29 is 4.74 Å². The molecule has 0 unspecified atom stereocenters. The van der Waals surface area contributed by atoms with Crippen LogP contribution in [0.1, 0.15) is 22.3 Å². The maximum absolute atomic E-state index is 6.66. The second-order valence-corrected chi connectivity index (χ2v) is 18.6. The van der Waals surface area contributed by atoms with E-state index in [4.69, 9.17) is 4.74 Å². The Morgan fingerprint density at radius 3 is 1.69 bits per heavy atom. The van der Waals surface area contributed by atoms with Crippen molar-refractivity contribution in [3.8, 4) is 45.1 Å². The van der Waals surface area contributed by atoms with Gasteiger partial charge in [0.05, 0.1) is 27.5 Å². The Morgan fingerprint density at radius 1 is 0.338 bits per heavy atom. The summed E-state index contributed by atoms with van der Waals surface area (Å²) in [5, 5.41) is 7.58. The van der Waals surface area contributed by atoms with E-state index >= 15 is 0 Å². The Kier molecular flexibility index (Phi) is 7.03. The number of aromatic nitrogens is 2. The van der Waals surface area contributed by atoms with E-state index in [1.54, 1.807) is 0 Å². The minimum atomic E-state index is -0.544. The number of nitrogens with zero attached hydrogens (tertiary/aromatic N) is 2. The van der Waals surface area contributed by atoms with Crippen molar-refractivity contribution >= 4 is 75.1 Å². The largest absolute Gasteiger partial charge is 0.457 e. The fourth-order valence-corrected chi connectivity index (χ4v) is 13.0. The monoisotopic (exact) mass is 844 g/mol. The minimum Gasteiger partial charge on any atom is -0.457 e. The summed E-state index contributed by atoms with van der Waals surface area (Å²) in [6.45, 7) is 0. The van der Waals surface area contributed by atoms with Crippen molar-refractivity contribution in [3.63, 3.8) is 0 Å². The molecule has 0 radical (unpaired) electrons. The van der Waals surface area contributed by atoms with E-state index in [0.717, 1.165) is 22.9 Å². The lowest BCUT2D eigenvalue weighted by Crippen LogP contribution is -2.32. The molecule has 1 aliphatic carbocycles. The fourth-order valence-electron chi connectivity index (χ4n) is 11.8. The second-order valence-electron chi connectivity index (χ2n) is 17.5. The van der Waals surface area contributed by atoms with Gasteiger partial charge < -0.3 is 13.9 Å². The van der Waals surface area contributed by atoms with Gasteiger partial charge >= 0.3 is 0 Å². The summed E-state index contributed by atoms with van der Waals surface area (Å²) >= 11 is 1.89. The van der Waals surface area contributed by atoms with Gasteiger partial charge in [0.2, 0.25) is 0 Å².